The summed E-state index contributed by atoms with van der Waals surface area (Å²) in [6.45, 7) is 3.34. The molecule has 1 fully saturated rings. The number of hydrogen-bond donors (Lipinski definition) is 0. The first kappa shape index (κ1) is 23.1. The number of anilines is 1. The Morgan fingerprint density at radius 1 is 0.943 bits per heavy atom. The zero-order valence-electron chi connectivity index (χ0n) is 19.5. The second-order valence-electron chi connectivity index (χ2n) is 8.60. The number of amides is 1. The monoisotopic (exact) mass is 489 g/mol. The highest BCUT2D eigenvalue weighted by molar-refractivity contribution is 7.92. The van der Waals surface area contributed by atoms with Gasteiger partial charge in [-0.1, -0.05) is 30.3 Å². The zero-order valence-corrected chi connectivity index (χ0v) is 20.3. The van der Waals surface area contributed by atoms with Gasteiger partial charge in [0.15, 0.2) is 0 Å². The van der Waals surface area contributed by atoms with E-state index < -0.39 is 10.0 Å². The van der Waals surface area contributed by atoms with E-state index >= 15 is 0 Å². The number of carbonyl (C=O) groups excluding carboxylic acids is 1. The van der Waals surface area contributed by atoms with Crippen molar-refractivity contribution in [3.05, 3.63) is 96.4 Å². The first-order chi connectivity index (χ1) is 16.9. The minimum atomic E-state index is -3.79. The number of para-hydroxylation sites is 1. The zero-order chi connectivity index (χ0) is 24.4. The summed E-state index contributed by atoms with van der Waals surface area (Å²) in [5.74, 6) is -0.156. The van der Waals surface area contributed by atoms with Crippen molar-refractivity contribution in [1.29, 1.82) is 0 Å². The molecule has 2 aromatic heterocycles. The predicted molar refractivity (Wildman–Crippen MR) is 135 cm³/mol. The maximum atomic E-state index is 13.2. The highest BCUT2D eigenvalue weighted by Gasteiger charge is 2.26. The van der Waals surface area contributed by atoms with Gasteiger partial charge in [-0.15, -0.1) is 0 Å². The van der Waals surface area contributed by atoms with Crippen molar-refractivity contribution in [1.82, 2.24) is 19.2 Å². The van der Waals surface area contributed by atoms with Gasteiger partial charge in [0.1, 0.15) is 5.65 Å². The van der Waals surface area contributed by atoms with Crippen molar-refractivity contribution < 1.29 is 13.2 Å². The van der Waals surface area contributed by atoms with Crippen LogP contribution in [-0.4, -0.2) is 66.7 Å². The van der Waals surface area contributed by atoms with E-state index in [4.69, 9.17) is 0 Å². The lowest BCUT2D eigenvalue weighted by molar-refractivity contribution is 0.0627. The third-order valence-corrected chi connectivity index (χ3v) is 8.10. The molecule has 180 valence electrons. The molecule has 0 spiro atoms. The van der Waals surface area contributed by atoms with Crippen LogP contribution in [0.15, 0.2) is 90.1 Å². The molecule has 9 heteroatoms. The minimum absolute atomic E-state index is 0.0974. The smallest absolute Gasteiger partial charge is 0.264 e. The van der Waals surface area contributed by atoms with Crippen LogP contribution in [0.2, 0.25) is 0 Å². The molecule has 1 saturated heterocycles. The van der Waals surface area contributed by atoms with Gasteiger partial charge < -0.3 is 9.30 Å². The van der Waals surface area contributed by atoms with Crippen LogP contribution in [0.4, 0.5) is 5.69 Å². The molecule has 4 aromatic rings. The molecule has 5 rings (SSSR count). The Balaban J connectivity index is 1.24. The van der Waals surface area contributed by atoms with Crippen molar-refractivity contribution in [2.75, 3.05) is 37.5 Å². The quantitative estimate of drug-likeness (QED) is 0.416. The third-order valence-electron chi connectivity index (χ3n) is 6.32. The summed E-state index contributed by atoms with van der Waals surface area (Å²) in [5.41, 5.74) is 2.85. The van der Waals surface area contributed by atoms with Gasteiger partial charge in [-0.05, 0) is 42.5 Å². The number of rotatable bonds is 6. The standard InChI is InChI=1S/C26H27N5O3S/c1-28(23-9-3-2-4-10-23)35(33,34)24-11-7-8-21(18-24)26(32)30-16-14-29(15-17-30)19-22-20-31-13-6-5-12-25(31)27-22/h2-13,18,20H,14-17,19H2,1H3. The van der Waals surface area contributed by atoms with E-state index in [1.54, 1.807) is 41.3 Å². The molecule has 0 atom stereocenters. The largest absolute Gasteiger partial charge is 0.336 e. The lowest BCUT2D eigenvalue weighted by Crippen LogP contribution is -2.48. The topological polar surface area (TPSA) is 78.2 Å². The number of hydrogen-bond acceptors (Lipinski definition) is 5. The van der Waals surface area contributed by atoms with Gasteiger partial charge >= 0.3 is 0 Å². The maximum Gasteiger partial charge on any atom is 0.264 e. The summed E-state index contributed by atoms with van der Waals surface area (Å²) in [4.78, 5) is 22.0. The highest BCUT2D eigenvalue weighted by atomic mass is 32.2. The highest BCUT2D eigenvalue weighted by Crippen LogP contribution is 2.23. The first-order valence-electron chi connectivity index (χ1n) is 11.5. The average molecular weight is 490 g/mol. The molecule has 1 amide bonds. The van der Waals surface area contributed by atoms with E-state index in [0.29, 0.717) is 24.3 Å². The van der Waals surface area contributed by atoms with Crippen molar-refractivity contribution in [3.8, 4) is 0 Å². The number of piperazine rings is 1. The average Bonchev–Trinajstić information content (AvgIpc) is 3.31. The van der Waals surface area contributed by atoms with E-state index in [2.05, 4.69) is 9.88 Å². The van der Waals surface area contributed by atoms with Crippen molar-refractivity contribution >= 4 is 27.3 Å². The normalized spacial score (nSPS) is 14.8. The minimum Gasteiger partial charge on any atom is -0.336 e. The van der Waals surface area contributed by atoms with Crippen LogP contribution >= 0.6 is 0 Å². The van der Waals surface area contributed by atoms with Crippen LogP contribution in [0.5, 0.6) is 0 Å². The molecule has 2 aromatic carbocycles. The number of aromatic nitrogens is 2. The van der Waals surface area contributed by atoms with Crippen molar-refractivity contribution in [3.63, 3.8) is 0 Å². The predicted octanol–water partition coefficient (Wildman–Crippen LogP) is 3.12. The Kier molecular flexibility index (Phi) is 6.27. The Labute approximate surface area is 205 Å². The van der Waals surface area contributed by atoms with Crippen LogP contribution in [0.1, 0.15) is 16.1 Å². The Morgan fingerprint density at radius 2 is 1.69 bits per heavy atom. The lowest BCUT2D eigenvalue weighted by atomic mass is 10.2. The number of nitrogens with zero attached hydrogens (tertiary/aromatic N) is 5. The molecule has 0 saturated carbocycles. The molecule has 0 N–H and O–H groups in total. The second kappa shape index (κ2) is 9.52. The van der Waals surface area contributed by atoms with Gasteiger partial charge in [0, 0.05) is 57.7 Å². The van der Waals surface area contributed by atoms with Gasteiger partial charge in [0.25, 0.3) is 15.9 Å². The van der Waals surface area contributed by atoms with Gasteiger partial charge in [-0.2, -0.15) is 0 Å². The van der Waals surface area contributed by atoms with E-state index in [1.165, 1.54) is 23.5 Å². The number of fused-ring (bicyclic) bond motifs is 1. The van der Waals surface area contributed by atoms with Crippen LogP contribution in [0, 0.1) is 0 Å². The van der Waals surface area contributed by atoms with Gasteiger partial charge in [0.05, 0.1) is 16.3 Å². The van der Waals surface area contributed by atoms with E-state index in [9.17, 15) is 13.2 Å². The molecule has 0 aliphatic carbocycles. The Bertz CT molecular complexity index is 1410. The molecular formula is C26H27N5O3S. The fourth-order valence-corrected chi connectivity index (χ4v) is 5.55. The van der Waals surface area contributed by atoms with Crippen molar-refractivity contribution in [2.24, 2.45) is 0 Å². The van der Waals surface area contributed by atoms with Gasteiger partial charge in [-0.25, -0.2) is 13.4 Å². The number of sulfonamides is 1. The first-order valence-corrected chi connectivity index (χ1v) is 12.9. The SMILES string of the molecule is CN(c1ccccc1)S(=O)(=O)c1cccc(C(=O)N2CCN(Cc3cn4ccccc4n3)CC2)c1. The van der Waals surface area contributed by atoms with Crippen LogP contribution in [0.3, 0.4) is 0 Å². The van der Waals surface area contributed by atoms with Gasteiger partial charge in [-0.3, -0.25) is 14.0 Å². The molecule has 0 bridgehead atoms. The fraction of sp³-hybridized carbons (Fsp3) is 0.231. The van der Waals surface area contributed by atoms with Crippen LogP contribution in [0.25, 0.3) is 5.65 Å². The summed E-state index contributed by atoms with van der Waals surface area (Å²) < 4.78 is 29.5. The van der Waals surface area contributed by atoms with Crippen molar-refractivity contribution in [2.45, 2.75) is 11.4 Å². The van der Waals surface area contributed by atoms with Crippen LogP contribution < -0.4 is 4.31 Å². The summed E-state index contributed by atoms with van der Waals surface area (Å²) in [6, 6.07) is 21.1. The summed E-state index contributed by atoms with van der Waals surface area (Å²) in [6.07, 6.45) is 4.01. The lowest BCUT2D eigenvalue weighted by Gasteiger charge is -2.34. The van der Waals surface area contributed by atoms with E-state index in [-0.39, 0.29) is 10.8 Å². The molecule has 3 heterocycles. The number of benzene rings is 2. The number of pyridine rings is 1. The molecule has 1 aliphatic heterocycles. The second-order valence-corrected chi connectivity index (χ2v) is 10.6. The van der Waals surface area contributed by atoms with E-state index in [0.717, 1.165) is 31.0 Å². The number of imidazole rings is 1. The van der Waals surface area contributed by atoms with E-state index in [1.807, 2.05) is 41.1 Å². The summed E-state index contributed by atoms with van der Waals surface area (Å²) in [5, 5.41) is 0. The number of carbonyl (C=O) groups is 1. The Morgan fingerprint density at radius 3 is 2.43 bits per heavy atom. The molecule has 1 aliphatic rings. The van der Waals surface area contributed by atoms with Gasteiger partial charge in [0.2, 0.25) is 0 Å². The Hall–Kier alpha value is -3.69. The fourth-order valence-electron chi connectivity index (χ4n) is 4.31. The van der Waals surface area contributed by atoms with Crippen LogP contribution in [-0.2, 0) is 16.6 Å². The molecule has 0 radical (unpaired) electrons. The molecule has 0 unspecified atom stereocenters. The molecular weight excluding hydrogens is 462 g/mol. The maximum absolute atomic E-state index is 13.2. The summed E-state index contributed by atoms with van der Waals surface area (Å²) in [7, 11) is -2.27. The molecule has 35 heavy (non-hydrogen) atoms. The molecule has 8 nitrogen and oxygen atoms in total. The summed E-state index contributed by atoms with van der Waals surface area (Å²) >= 11 is 0. The third kappa shape index (κ3) is 4.78.